The van der Waals surface area contributed by atoms with Gasteiger partial charge in [0, 0.05) is 94.8 Å². The Morgan fingerprint density at radius 3 is 2.07 bits per heavy atom. The van der Waals surface area contributed by atoms with Gasteiger partial charge in [-0.3, -0.25) is 52.8 Å². The molecule has 0 unspecified atom stereocenters. The summed E-state index contributed by atoms with van der Waals surface area (Å²) in [5.41, 5.74) is 1.97. The number of rotatable bonds is 39. The molecule has 24 heteroatoms. The number of likely N-dealkylation sites (tertiary alicyclic amines) is 1. The molecule has 2 saturated heterocycles. The van der Waals surface area contributed by atoms with E-state index in [-0.39, 0.29) is 125 Å². The Hall–Kier alpha value is -6.76. The lowest BCUT2D eigenvalue weighted by atomic mass is 9.85. The number of epoxide rings is 1. The number of carbonyl (C=O) groups is 11. The lowest BCUT2D eigenvalue weighted by molar-refractivity contribution is -0.179. The number of esters is 2. The maximum atomic E-state index is 14.3. The molecule has 0 bridgehead atoms. The molecule has 5 rings (SSSR count). The largest absolute Gasteiger partial charge is 0.459 e. The van der Waals surface area contributed by atoms with Gasteiger partial charge in [0.15, 0.2) is 17.7 Å². The number of carbonyl (C=O) groups excluding carboxylic acids is 11. The van der Waals surface area contributed by atoms with Crippen LogP contribution in [-0.2, 0) is 98.7 Å². The van der Waals surface area contributed by atoms with Gasteiger partial charge in [-0.2, -0.15) is 0 Å². The van der Waals surface area contributed by atoms with Crippen LogP contribution in [0, 0.1) is 36.0 Å². The molecule has 520 valence electrons. The van der Waals surface area contributed by atoms with Crippen molar-refractivity contribution in [1.82, 2.24) is 26.2 Å². The lowest BCUT2D eigenvalue weighted by Gasteiger charge is -2.29. The van der Waals surface area contributed by atoms with Crippen molar-refractivity contribution in [3.05, 3.63) is 81.9 Å². The Morgan fingerprint density at radius 1 is 0.766 bits per heavy atom. The molecule has 94 heavy (non-hydrogen) atoms. The Labute approximate surface area is 558 Å². The van der Waals surface area contributed by atoms with Crippen molar-refractivity contribution >= 4 is 76.3 Å². The molecule has 3 aliphatic rings. The van der Waals surface area contributed by atoms with Crippen molar-refractivity contribution in [2.75, 3.05) is 73.0 Å². The van der Waals surface area contributed by atoms with E-state index in [1.54, 1.807) is 46.9 Å². The van der Waals surface area contributed by atoms with Crippen LogP contribution in [0.3, 0.4) is 0 Å². The van der Waals surface area contributed by atoms with E-state index in [0.717, 1.165) is 21.6 Å². The fourth-order valence-corrected chi connectivity index (χ4v) is 11.1. The highest BCUT2D eigenvalue weighted by atomic mass is 35.5. The molecule has 6 amide bonds. The van der Waals surface area contributed by atoms with Gasteiger partial charge in [0.2, 0.25) is 35.4 Å². The molecule has 3 heterocycles. The molecule has 0 aromatic heterocycles. The summed E-state index contributed by atoms with van der Waals surface area (Å²) in [4.78, 5) is 147. The maximum Gasteiger partial charge on any atom is 0.347 e. The molecule has 2 aromatic rings. The molecule has 0 aliphatic carbocycles. The first-order valence-corrected chi connectivity index (χ1v) is 33.5. The topological polar surface area (TPSA) is 307 Å². The van der Waals surface area contributed by atoms with Crippen molar-refractivity contribution in [3.8, 4) is 0 Å². The number of halogens is 1. The van der Waals surface area contributed by atoms with Crippen LogP contribution < -0.4 is 21.3 Å². The second-order valence-corrected chi connectivity index (χ2v) is 26.4. The summed E-state index contributed by atoms with van der Waals surface area (Å²) < 4.78 is 39.7. The van der Waals surface area contributed by atoms with Crippen molar-refractivity contribution in [2.24, 2.45) is 29.1 Å². The van der Waals surface area contributed by atoms with Gasteiger partial charge in [-0.15, -0.1) is 0 Å². The number of Topliss-reactive ketones (excluding diaryl/α,β-unsaturated/α-hetero) is 3. The van der Waals surface area contributed by atoms with Crippen LogP contribution in [0.25, 0.3) is 0 Å². The Balaban J connectivity index is 1.21. The number of amides is 6. The fraction of sp³-hybridized carbons (Fsp3) is 0.643. The van der Waals surface area contributed by atoms with Crippen molar-refractivity contribution < 1.29 is 85.9 Å². The predicted molar refractivity (Wildman–Crippen MR) is 349 cm³/mol. The molecule has 4 N–H and O–H groups in total. The highest BCUT2D eigenvalue weighted by Gasteiger charge is 2.48. The average Bonchev–Trinajstić information content (AvgIpc) is 1.63. The minimum atomic E-state index is -1.28. The number of nitrogens with zero attached hydrogens (tertiary/aromatic N) is 1. The summed E-state index contributed by atoms with van der Waals surface area (Å²) in [6.07, 6.45) is 2.39. The number of ketones is 3. The zero-order chi connectivity index (χ0) is 68.9. The number of cyclic esters (lactones) is 2. The van der Waals surface area contributed by atoms with Crippen LogP contribution in [0.15, 0.2) is 54.6 Å². The summed E-state index contributed by atoms with van der Waals surface area (Å²) in [5, 5.41) is 11.8. The van der Waals surface area contributed by atoms with Gasteiger partial charge in [0.1, 0.15) is 24.0 Å². The maximum absolute atomic E-state index is 14.3. The summed E-state index contributed by atoms with van der Waals surface area (Å²) >= 11 is 6.42. The predicted octanol–water partition coefficient (Wildman–Crippen LogP) is 6.90. The van der Waals surface area contributed by atoms with E-state index >= 15 is 0 Å². The van der Waals surface area contributed by atoms with Crippen LogP contribution in [-0.4, -0.2) is 173 Å². The molecular formula is C70H100ClN5O18. The zero-order valence-electron chi connectivity index (χ0n) is 56.3. The highest BCUT2D eigenvalue weighted by molar-refractivity contribution is 6.31. The Kier molecular flexibility index (Phi) is 33.1. The molecule has 2 fully saturated rings. The average molecular weight is 1340 g/mol. The first-order chi connectivity index (χ1) is 44.8. The SMILES string of the molecule is COCCOCCOCCOCCC(=O)NCCCC[C@H](CC(=O)[C@@H](NC(=O)CCCC(=O)CN1C(=O)CCC1=O)C(C)C)C(=O)CCc1ccc([C@H]2O[C@@H]2[C@@H](C)[C@@H]2C/C=C/C(=O)N[C@H](Cc3ccc(C)c(Cl)c3)C(=O)NCC(C)(C)C(=O)O[C@@H](CC(C)C)C(=O)O2)cc1. The Bertz CT molecular complexity index is 2900. The lowest BCUT2D eigenvalue weighted by Crippen LogP contribution is -2.51. The third-order valence-electron chi connectivity index (χ3n) is 16.8. The number of methoxy groups -OCH3 is 1. The first-order valence-electron chi connectivity index (χ1n) is 33.1. The third-order valence-corrected chi connectivity index (χ3v) is 17.2. The minimum absolute atomic E-state index is 0.0324. The number of hydrogen-bond donors (Lipinski definition) is 4. The third kappa shape index (κ3) is 27.2. The Morgan fingerprint density at radius 2 is 1.43 bits per heavy atom. The smallest absolute Gasteiger partial charge is 0.347 e. The van der Waals surface area contributed by atoms with Gasteiger partial charge >= 0.3 is 11.9 Å². The van der Waals surface area contributed by atoms with Crippen molar-refractivity contribution in [2.45, 2.75) is 188 Å². The summed E-state index contributed by atoms with van der Waals surface area (Å²) in [5.74, 6) is -6.31. The second-order valence-electron chi connectivity index (χ2n) is 26.0. The van der Waals surface area contributed by atoms with Crippen LogP contribution in [0.2, 0.25) is 5.02 Å². The van der Waals surface area contributed by atoms with E-state index in [0.29, 0.717) is 82.5 Å². The van der Waals surface area contributed by atoms with E-state index in [9.17, 15) is 52.7 Å². The van der Waals surface area contributed by atoms with E-state index in [1.165, 1.54) is 6.08 Å². The van der Waals surface area contributed by atoms with Gasteiger partial charge < -0.3 is 54.4 Å². The number of hydrogen-bond acceptors (Lipinski definition) is 18. The highest BCUT2D eigenvalue weighted by Crippen LogP contribution is 2.45. The monoisotopic (exact) mass is 1330 g/mol. The van der Waals surface area contributed by atoms with Gasteiger partial charge in [0.25, 0.3) is 0 Å². The molecule has 2 aromatic carbocycles. The van der Waals surface area contributed by atoms with Gasteiger partial charge in [-0.25, -0.2) is 4.79 Å². The van der Waals surface area contributed by atoms with Gasteiger partial charge in [0.05, 0.1) is 70.4 Å². The summed E-state index contributed by atoms with van der Waals surface area (Å²) in [7, 11) is 1.60. The van der Waals surface area contributed by atoms with Crippen LogP contribution in [0.5, 0.6) is 0 Å². The summed E-state index contributed by atoms with van der Waals surface area (Å²) in [6.45, 7) is 16.9. The van der Waals surface area contributed by atoms with E-state index in [2.05, 4.69) is 21.3 Å². The van der Waals surface area contributed by atoms with E-state index < -0.39 is 95.2 Å². The zero-order valence-corrected chi connectivity index (χ0v) is 57.1. The number of imide groups is 1. The molecule has 0 saturated carbocycles. The quantitative estimate of drug-likeness (QED) is 0.0229. The standard InChI is InChI=1S/C70H100ClN5O18/c1-44(2)38-58-68(86)92-57(16-13-18-60(81)74-54(40-49-20-19-46(5)53(71)39-49)67(85)73-43-70(7,8)69(87)93-58)47(6)65-66(94-65)50-24-21-48(22-25-50)23-26-55(78)51(14-10-11-30-72-59(80)29-31-89-34-35-91-37-36-90-33-32-88-9)41-56(79)64(45(3)4)75-61(82)17-12-15-52(77)42-76-62(83)27-28-63(76)84/h13,18-22,24-25,39,44-45,47,51,54,57-58,64-66H,10-12,14-17,23,26-38,40-43H2,1-9H3,(H,72,80)(H,73,85)(H,74,81)(H,75,82)/b18-13+/t47-,51+,54+,57-,58-,64-,65+,66+/m0/s1. The fourth-order valence-electron chi connectivity index (χ4n) is 10.9. The molecule has 3 aliphatic heterocycles. The number of benzene rings is 2. The molecule has 0 radical (unpaired) electrons. The first kappa shape index (κ1) is 77.9. The normalized spacial score (nSPS) is 20.8. The minimum Gasteiger partial charge on any atom is -0.459 e. The van der Waals surface area contributed by atoms with Crippen LogP contribution >= 0.6 is 11.6 Å². The second kappa shape index (κ2) is 39.9. The number of nitrogens with one attached hydrogen (secondary N) is 4. The molecular weight excluding hydrogens is 1230 g/mol. The van der Waals surface area contributed by atoms with Gasteiger partial charge in [-0.1, -0.05) is 95.1 Å². The van der Waals surface area contributed by atoms with Crippen LogP contribution in [0.4, 0.5) is 0 Å². The van der Waals surface area contributed by atoms with Crippen molar-refractivity contribution in [3.63, 3.8) is 0 Å². The van der Waals surface area contributed by atoms with Crippen molar-refractivity contribution in [1.29, 1.82) is 0 Å². The summed E-state index contributed by atoms with van der Waals surface area (Å²) in [6, 6.07) is 11.1. The van der Waals surface area contributed by atoms with E-state index in [4.69, 9.17) is 44.8 Å². The van der Waals surface area contributed by atoms with Gasteiger partial charge in [-0.05, 0) is 99.1 Å². The van der Waals surface area contributed by atoms with Crippen LogP contribution in [0.1, 0.15) is 160 Å². The molecule has 23 nitrogen and oxygen atoms in total. The van der Waals surface area contributed by atoms with E-state index in [1.807, 2.05) is 64.1 Å². The number of unbranched alkanes of at least 4 members (excludes halogenated alkanes) is 1. The molecule has 0 spiro atoms. The number of aryl methyl sites for hydroxylation is 2. The number of ether oxygens (including phenoxy) is 7. The molecule has 8 atom stereocenters.